The zero-order chi connectivity index (χ0) is 14.3. The zero-order valence-corrected chi connectivity index (χ0v) is 13.4. The Hall–Kier alpha value is -0.820. The van der Waals surface area contributed by atoms with Gasteiger partial charge in [-0.3, -0.25) is 0 Å². The minimum Gasteiger partial charge on any atom is -0.316 e. The predicted octanol–water partition coefficient (Wildman–Crippen LogP) is 4.90. The molecule has 0 aliphatic carbocycles. The lowest BCUT2D eigenvalue weighted by molar-refractivity contribution is 0.344. The number of nitrogens with one attached hydrogen (secondary N) is 1. The first-order valence-electron chi connectivity index (χ1n) is 7.69. The van der Waals surface area contributed by atoms with Gasteiger partial charge in [0.2, 0.25) is 0 Å². The van der Waals surface area contributed by atoms with Crippen molar-refractivity contribution in [3.63, 3.8) is 0 Å². The van der Waals surface area contributed by atoms with E-state index in [0.717, 1.165) is 13.1 Å². The molecular weight excluding hydrogens is 230 g/mol. The lowest BCUT2D eigenvalue weighted by atomic mass is 9.84. The molecule has 1 rings (SSSR count). The quantitative estimate of drug-likeness (QED) is 0.688. The zero-order valence-electron chi connectivity index (χ0n) is 13.4. The molecule has 0 fully saturated rings. The Morgan fingerprint density at radius 3 is 2.26 bits per heavy atom. The van der Waals surface area contributed by atoms with Gasteiger partial charge in [-0.1, -0.05) is 57.5 Å². The van der Waals surface area contributed by atoms with Gasteiger partial charge in [0.1, 0.15) is 0 Å². The summed E-state index contributed by atoms with van der Waals surface area (Å²) in [6.45, 7) is 13.6. The molecule has 0 saturated heterocycles. The molecule has 19 heavy (non-hydrogen) atoms. The Balaban J connectivity index is 2.65. The summed E-state index contributed by atoms with van der Waals surface area (Å²) in [5.74, 6) is 0.645. The molecule has 1 nitrogen and oxygen atoms in total. The van der Waals surface area contributed by atoms with Crippen molar-refractivity contribution in [2.45, 2.75) is 59.8 Å². The molecule has 1 aromatic rings. The average Bonchev–Trinajstić information content (AvgIpc) is 2.34. The second kappa shape index (κ2) is 7.69. The number of hydrogen-bond acceptors (Lipinski definition) is 1. The van der Waals surface area contributed by atoms with Crippen LogP contribution in [0.5, 0.6) is 0 Å². The van der Waals surface area contributed by atoms with E-state index in [9.17, 15) is 0 Å². The molecule has 1 atom stereocenters. The minimum absolute atomic E-state index is 0.424. The van der Waals surface area contributed by atoms with Crippen molar-refractivity contribution in [1.29, 1.82) is 0 Å². The molecule has 0 aliphatic rings. The molecule has 1 aromatic carbocycles. The highest BCUT2D eigenvalue weighted by Crippen LogP contribution is 2.28. The smallest absolute Gasteiger partial charge is 0.00201 e. The fourth-order valence-corrected chi connectivity index (χ4v) is 2.29. The van der Waals surface area contributed by atoms with Crippen molar-refractivity contribution in [2.75, 3.05) is 13.1 Å². The van der Waals surface area contributed by atoms with E-state index in [4.69, 9.17) is 0 Å². The average molecular weight is 261 g/mol. The van der Waals surface area contributed by atoms with Gasteiger partial charge in [0.15, 0.2) is 0 Å². The van der Waals surface area contributed by atoms with Crippen LogP contribution in [0.4, 0.5) is 0 Å². The Morgan fingerprint density at radius 1 is 1.11 bits per heavy atom. The topological polar surface area (TPSA) is 12.0 Å². The van der Waals surface area contributed by atoms with Crippen molar-refractivity contribution in [2.24, 2.45) is 5.41 Å². The van der Waals surface area contributed by atoms with E-state index in [-0.39, 0.29) is 0 Å². The van der Waals surface area contributed by atoms with Crippen LogP contribution in [0.2, 0.25) is 0 Å². The molecule has 1 unspecified atom stereocenters. The third-order valence-corrected chi connectivity index (χ3v) is 3.61. The first kappa shape index (κ1) is 16.2. The van der Waals surface area contributed by atoms with Crippen LogP contribution in [0.25, 0.3) is 0 Å². The van der Waals surface area contributed by atoms with Crippen molar-refractivity contribution in [1.82, 2.24) is 5.32 Å². The van der Waals surface area contributed by atoms with Crippen LogP contribution in [0.3, 0.4) is 0 Å². The van der Waals surface area contributed by atoms with Gasteiger partial charge >= 0.3 is 0 Å². The van der Waals surface area contributed by atoms with Gasteiger partial charge in [-0.05, 0) is 49.6 Å². The largest absolute Gasteiger partial charge is 0.316 e. The van der Waals surface area contributed by atoms with Crippen LogP contribution < -0.4 is 5.32 Å². The number of hydrogen-bond donors (Lipinski definition) is 1. The normalized spacial score (nSPS) is 13.5. The third-order valence-electron chi connectivity index (χ3n) is 3.61. The summed E-state index contributed by atoms with van der Waals surface area (Å²) in [6, 6.07) is 9.07. The third kappa shape index (κ3) is 6.77. The van der Waals surface area contributed by atoms with Crippen LogP contribution >= 0.6 is 0 Å². The Kier molecular flexibility index (Phi) is 6.57. The lowest BCUT2D eigenvalue weighted by Crippen LogP contribution is -2.23. The van der Waals surface area contributed by atoms with Crippen LogP contribution in [0, 0.1) is 12.3 Å². The molecule has 0 bridgehead atoms. The highest BCUT2D eigenvalue weighted by Gasteiger charge is 2.16. The van der Waals surface area contributed by atoms with Gasteiger partial charge in [0, 0.05) is 6.54 Å². The lowest BCUT2D eigenvalue weighted by Gasteiger charge is -2.24. The molecule has 1 heteroatoms. The first-order valence-corrected chi connectivity index (χ1v) is 7.69. The highest BCUT2D eigenvalue weighted by molar-refractivity contribution is 5.24. The standard InChI is InChI=1S/C18H31N/c1-6-13-19-14-17(11-12-18(3,4)5)16-9-7-15(2)8-10-16/h7-10,17,19H,6,11-14H2,1-5H3. The van der Waals surface area contributed by atoms with Crippen molar-refractivity contribution >= 4 is 0 Å². The minimum atomic E-state index is 0.424. The molecule has 0 radical (unpaired) electrons. The molecule has 108 valence electrons. The second-order valence-corrected chi connectivity index (χ2v) is 6.91. The van der Waals surface area contributed by atoms with Crippen molar-refractivity contribution in [3.8, 4) is 0 Å². The Labute approximate surface area is 119 Å². The van der Waals surface area contributed by atoms with E-state index in [1.165, 1.54) is 30.4 Å². The van der Waals surface area contributed by atoms with E-state index >= 15 is 0 Å². The molecule has 0 aliphatic heterocycles. The van der Waals surface area contributed by atoms with Gasteiger partial charge in [-0.25, -0.2) is 0 Å². The first-order chi connectivity index (χ1) is 8.92. The van der Waals surface area contributed by atoms with E-state index in [1.807, 2.05) is 0 Å². The Morgan fingerprint density at radius 2 is 1.74 bits per heavy atom. The summed E-state index contributed by atoms with van der Waals surface area (Å²) in [6.07, 6.45) is 3.75. The molecule has 1 N–H and O–H groups in total. The fourth-order valence-electron chi connectivity index (χ4n) is 2.29. The Bertz CT molecular complexity index is 345. The maximum Gasteiger partial charge on any atom is 0.00201 e. The monoisotopic (exact) mass is 261 g/mol. The van der Waals surface area contributed by atoms with Gasteiger partial charge in [-0.15, -0.1) is 0 Å². The van der Waals surface area contributed by atoms with Crippen LogP contribution in [-0.4, -0.2) is 13.1 Å². The summed E-state index contributed by atoms with van der Waals surface area (Å²) in [5, 5.41) is 3.58. The summed E-state index contributed by atoms with van der Waals surface area (Å²) in [5.41, 5.74) is 3.26. The number of aryl methyl sites for hydroxylation is 1. The van der Waals surface area contributed by atoms with Crippen molar-refractivity contribution < 1.29 is 0 Å². The predicted molar refractivity (Wildman–Crippen MR) is 85.8 cm³/mol. The fraction of sp³-hybridized carbons (Fsp3) is 0.667. The van der Waals surface area contributed by atoms with Crippen LogP contribution in [0.15, 0.2) is 24.3 Å². The molecular formula is C18H31N. The molecule has 0 saturated carbocycles. The second-order valence-electron chi connectivity index (χ2n) is 6.91. The summed E-state index contributed by atoms with van der Waals surface area (Å²) in [7, 11) is 0. The maximum atomic E-state index is 3.58. The molecule has 0 aromatic heterocycles. The SMILES string of the molecule is CCCNCC(CCC(C)(C)C)c1ccc(C)cc1. The van der Waals surface area contributed by atoms with Gasteiger partial charge in [0.05, 0.1) is 0 Å². The van der Waals surface area contributed by atoms with Crippen LogP contribution in [-0.2, 0) is 0 Å². The summed E-state index contributed by atoms with van der Waals surface area (Å²) >= 11 is 0. The number of rotatable bonds is 7. The van der Waals surface area contributed by atoms with Crippen LogP contribution in [0.1, 0.15) is 64.0 Å². The summed E-state index contributed by atoms with van der Waals surface area (Å²) in [4.78, 5) is 0. The number of benzene rings is 1. The summed E-state index contributed by atoms with van der Waals surface area (Å²) < 4.78 is 0. The van der Waals surface area contributed by atoms with Gasteiger partial charge < -0.3 is 5.32 Å². The molecule has 0 spiro atoms. The van der Waals surface area contributed by atoms with Gasteiger partial charge in [0.25, 0.3) is 0 Å². The van der Waals surface area contributed by atoms with E-state index < -0.39 is 0 Å². The maximum absolute atomic E-state index is 3.58. The molecule has 0 amide bonds. The van der Waals surface area contributed by atoms with E-state index in [2.05, 4.69) is 64.2 Å². The van der Waals surface area contributed by atoms with Crippen molar-refractivity contribution in [3.05, 3.63) is 35.4 Å². The molecule has 0 heterocycles. The highest BCUT2D eigenvalue weighted by atomic mass is 14.8. The van der Waals surface area contributed by atoms with E-state index in [1.54, 1.807) is 0 Å². The van der Waals surface area contributed by atoms with E-state index in [0.29, 0.717) is 11.3 Å². The van der Waals surface area contributed by atoms with Gasteiger partial charge in [-0.2, -0.15) is 0 Å².